The Morgan fingerprint density at radius 3 is 2.67 bits per heavy atom. The van der Waals surface area contributed by atoms with Gasteiger partial charge in [-0.3, -0.25) is 4.57 Å². The molecule has 0 saturated heterocycles. The van der Waals surface area contributed by atoms with Gasteiger partial charge in [-0.05, 0) is 6.42 Å². The van der Waals surface area contributed by atoms with E-state index in [9.17, 15) is 9.59 Å². The molecule has 82 valence electrons. The fraction of sp³-hybridized carbons (Fsp3) is 0.375. The number of hydrogen-bond acceptors (Lipinski definition) is 3. The average molecular weight is 212 g/mol. The summed E-state index contributed by atoms with van der Waals surface area (Å²) in [6.07, 6.45) is 3.92. The Labute approximate surface area is 86.1 Å². The van der Waals surface area contributed by atoms with E-state index in [4.69, 9.17) is 5.11 Å². The first-order chi connectivity index (χ1) is 7.20. The van der Waals surface area contributed by atoms with Gasteiger partial charge in [-0.15, -0.1) is 0 Å². The molecule has 1 aromatic rings. The molecule has 2 amide bonds. The van der Waals surface area contributed by atoms with E-state index in [0.29, 0.717) is 19.5 Å². The number of rotatable bonds is 4. The van der Waals surface area contributed by atoms with Crippen molar-refractivity contribution in [3.8, 4) is 0 Å². The van der Waals surface area contributed by atoms with Crippen LogP contribution in [0.3, 0.4) is 0 Å². The number of aromatic nitrogens is 2. The van der Waals surface area contributed by atoms with Crippen LogP contribution in [-0.4, -0.2) is 39.9 Å². The van der Waals surface area contributed by atoms with E-state index < -0.39 is 6.09 Å². The van der Waals surface area contributed by atoms with Gasteiger partial charge in [0.2, 0.25) is 0 Å². The molecule has 0 aliphatic heterocycles. The van der Waals surface area contributed by atoms with Crippen LogP contribution in [0.2, 0.25) is 0 Å². The average Bonchev–Trinajstić information content (AvgIpc) is 2.69. The molecule has 0 aliphatic rings. The highest BCUT2D eigenvalue weighted by atomic mass is 16.4. The molecule has 15 heavy (non-hydrogen) atoms. The maximum atomic E-state index is 11.3. The van der Waals surface area contributed by atoms with Crippen LogP contribution >= 0.6 is 0 Å². The summed E-state index contributed by atoms with van der Waals surface area (Å²) in [7, 11) is 0. The predicted octanol–water partition coefficient (Wildman–Crippen LogP) is 0.0985. The molecule has 0 fully saturated rings. The number of carbonyl (C=O) groups excluding carboxylic acids is 1. The molecule has 3 N–H and O–H groups in total. The lowest BCUT2D eigenvalue weighted by molar-refractivity contribution is 0.194. The second-order valence-corrected chi connectivity index (χ2v) is 2.79. The summed E-state index contributed by atoms with van der Waals surface area (Å²) in [4.78, 5) is 25.1. The van der Waals surface area contributed by atoms with Crippen LogP contribution < -0.4 is 10.6 Å². The van der Waals surface area contributed by atoms with Gasteiger partial charge < -0.3 is 15.7 Å². The zero-order valence-corrected chi connectivity index (χ0v) is 8.01. The van der Waals surface area contributed by atoms with Crippen LogP contribution in [0, 0.1) is 0 Å². The molecule has 0 radical (unpaired) electrons. The summed E-state index contributed by atoms with van der Waals surface area (Å²) >= 11 is 0. The SMILES string of the molecule is O=C(O)NCCCNC(=O)n1ccnc1. The van der Waals surface area contributed by atoms with Crippen LogP contribution in [0.5, 0.6) is 0 Å². The van der Waals surface area contributed by atoms with Gasteiger partial charge in [-0.1, -0.05) is 0 Å². The van der Waals surface area contributed by atoms with E-state index in [1.54, 1.807) is 0 Å². The fourth-order valence-electron chi connectivity index (χ4n) is 0.950. The third-order valence-corrected chi connectivity index (χ3v) is 1.64. The molecule has 0 aliphatic carbocycles. The summed E-state index contributed by atoms with van der Waals surface area (Å²) in [6, 6.07) is -0.275. The van der Waals surface area contributed by atoms with Crippen molar-refractivity contribution in [1.29, 1.82) is 0 Å². The fourth-order valence-corrected chi connectivity index (χ4v) is 0.950. The molecule has 1 rings (SSSR count). The first-order valence-electron chi connectivity index (χ1n) is 4.43. The summed E-state index contributed by atoms with van der Waals surface area (Å²) in [5.74, 6) is 0. The topological polar surface area (TPSA) is 96.3 Å². The first kappa shape index (κ1) is 11.0. The van der Waals surface area contributed by atoms with Crippen molar-refractivity contribution in [2.45, 2.75) is 6.42 Å². The number of amides is 2. The monoisotopic (exact) mass is 212 g/mol. The summed E-state index contributed by atoms with van der Waals surface area (Å²) < 4.78 is 1.31. The van der Waals surface area contributed by atoms with Crippen LogP contribution in [0.4, 0.5) is 9.59 Å². The number of nitrogens with zero attached hydrogens (tertiary/aromatic N) is 2. The summed E-state index contributed by atoms with van der Waals surface area (Å²) in [5, 5.41) is 13.1. The maximum Gasteiger partial charge on any atom is 0.404 e. The van der Waals surface area contributed by atoms with Crippen LogP contribution in [0.25, 0.3) is 0 Å². The van der Waals surface area contributed by atoms with E-state index in [-0.39, 0.29) is 6.03 Å². The Hall–Kier alpha value is -2.05. The van der Waals surface area contributed by atoms with Crippen molar-refractivity contribution in [1.82, 2.24) is 20.2 Å². The lowest BCUT2D eigenvalue weighted by Gasteiger charge is -2.04. The van der Waals surface area contributed by atoms with Gasteiger partial charge in [0.05, 0.1) is 0 Å². The smallest absolute Gasteiger partial charge is 0.404 e. The quantitative estimate of drug-likeness (QED) is 0.616. The van der Waals surface area contributed by atoms with Crippen molar-refractivity contribution < 1.29 is 14.7 Å². The van der Waals surface area contributed by atoms with Crippen LogP contribution in [0.1, 0.15) is 6.42 Å². The Bertz CT molecular complexity index is 323. The number of carbonyl (C=O) groups is 2. The van der Waals surface area contributed by atoms with Crippen LogP contribution in [-0.2, 0) is 0 Å². The van der Waals surface area contributed by atoms with E-state index in [1.165, 1.54) is 23.3 Å². The van der Waals surface area contributed by atoms with Crippen molar-refractivity contribution >= 4 is 12.1 Å². The van der Waals surface area contributed by atoms with Gasteiger partial charge in [-0.2, -0.15) is 0 Å². The molecular weight excluding hydrogens is 200 g/mol. The number of nitrogens with one attached hydrogen (secondary N) is 2. The number of carboxylic acid groups (broad SMARTS) is 1. The molecule has 7 nitrogen and oxygen atoms in total. The highest BCUT2D eigenvalue weighted by Crippen LogP contribution is 1.84. The molecule has 0 bridgehead atoms. The highest BCUT2D eigenvalue weighted by molar-refractivity contribution is 5.76. The summed E-state index contributed by atoms with van der Waals surface area (Å²) in [6.45, 7) is 0.733. The molecule has 0 saturated carbocycles. The van der Waals surface area contributed by atoms with Crippen molar-refractivity contribution in [3.63, 3.8) is 0 Å². The number of hydrogen-bond donors (Lipinski definition) is 3. The second-order valence-electron chi connectivity index (χ2n) is 2.79. The summed E-state index contributed by atoms with van der Waals surface area (Å²) in [5.41, 5.74) is 0. The van der Waals surface area contributed by atoms with Crippen molar-refractivity contribution in [3.05, 3.63) is 18.7 Å². The normalized spacial score (nSPS) is 9.60. The van der Waals surface area contributed by atoms with Gasteiger partial charge in [0.25, 0.3) is 0 Å². The minimum Gasteiger partial charge on any atom is -0.465 e. The molecule has 0 aromatic carbocycles. The zero-order chi connectivity index (χ0) is 11.1. The number of imidazole rings is 1. The standard InChI is InChI=1S/C8H12N4O3/c13-7(12-5-4-9-6-12)10-2-1-3-11-8(14)15/h4-6,11H,1-3H2,(H,10,13)(H,14,15). The highest BCUT2D eigenvalue weighted by Gasteiger charge is 2.01. The van der Waals surface area contributed by atoms with Gasteiger partial charge >= 0.3 is 12.1 Å². The van der Waals surface area contributed by atoms with Crippen molar-refractivity contribution in [2.75, 3.05) is 13.1 Å². The second kappa shape index (κ2) is 5.63. The predicted molar refractivity (Wildman–Crippen MR) is 51.7 cm³/mol. The van der Waals surface area contributed by atoms with E-state index in [1.807, 2.05) is 0 Å². The third-order valence-electron chi connectivity index (χ3n) is 1.64. The molecule has 1 aromatic heterocycles. The Kier molecular flexibility index (Phi) is 4.14. The Balaban J connectivity index is 2.10. The van der Waals surface area contributed by atoms with Crippen molar-refractivity contribution in [2.24, 2.45) is 0 Å². The largest absolute Gasteiger partial charge is 0.465 e. The molecule has 1 heterocycles. The third kappa shape index (κ3) is 4.12. The Morgan fingerprint density at radius 2 is 2.07 bits per heavy atom. The van der Waals surface area contributed by atoms with E-state index in [2.05, 4.69) is 15.6 Å². The maximum absolute atomic E-state index is 11.3. The molecule has 0 unspecified atom stereocenters. The molecule has 0 atom stereocenters. The van der Waals surface area contributed by atoms with Gasteiger partial charge in [0.1, 0.15) is 6.33 Å². The first-order valence-corrected chi connectivity index (χ1v) is 4.43. The lowest BCUT2D eigenvalue weighted by atomic mass is 10.4. The lowest BCUT2D eigenvalue weighted by Crippen LogP contribution is -2.31. The Morgan fingerprint density at radius 1 is 1.33 bits per heavy atom. The zero-order valence-electron chi connectivity index (χ0n) is 8.01. The van der Waals surface area contributed by atoms with E-state index in [0.717, 1.165) is 0 Å². The van der Waals surface area contributed by atoms with Crippen LogP contribution in [0.15, 0.2) is 18.7 Å². The van der Waals surface area contributed by atoms with Gasteiger partial charge in [-0.25, -0.2) is 14.6 Å². The van der Waals surface area contributed by atoms with Gasteiger partial charge in [0, 0.05) is 25.5 Å². The molecular formula is C8H12N4O3. The minimum atomic E-state index is -1.06. The molecule has 7 heteroatoms. The van der Waals surface area contributed by atoms with Gasteiger partial charge in [0.15, 0.2) is 0 Å². The molecule has 0 spiro atoms. The minimum absolute atomic E-state index is 0.275. The van der Waals surface area contributed by atoms with E-state index >= 15 is 0 Å².